The predicted octanol–water partition coefficient (Wildman–Crippen LogP) is 2.32. The third-order valence-corrected chi connectivity index (χ3v) is 5.06. The zero-order chi connectivity index (χ0) is 13.2. The first-order valence-electron chi connectivity index (χ1n) is 6.47. The second kappa shape index (κ2) is 5.36. The standard InChI is InChI=1S/C13H20N2O2S/c1-3-13(12(16)17)6-4-7-15(13)8-5-11-10(2)14-9-18-11/h9H,3-8H2,1-2H3,(H,16,17). The molecule has 2 rings (SSSR count). The minimum Gasteiger partial charge on any atom is -0.480 e. The van der Waals surface area contributed by atoms with Crippen LogP contribution < -0.4 is 0 Å². The average molecular weight is 268 g/mol. The van der Waals surface area contributed by atoms with Crippen molar-refractivity contribution < 1.29 is 9.90 Å². The second-order valence-electron chi connectivity index (χ2n) is 4.89. The maximum atomic E-state index is 11.5. The van der Waals surface area contributed by atoms with Gasteiger partial charge in [0, 0.05) is 11.4 Å². The number of hydrogen-bond acceptors (Lipinski definition) is 4. The molecule has 1 unspecified atom stereocenters. The number of aliphatic carboxylic acids is 1. The molecule has 0 saturated carbocycles. The SMILES string of the molecule is CCC1(C(=O)O)CCCN1CCc1scnc1C. The summed E-state index contributed by atoms with van der Waals surface area (Å²) in [6.07, 6.45) is 3.36. The molecule has 2 heterocycles. The maximum absolute atomic E-state index is 11.5. The van der Waals surface area contributed by atoms with E-state index in [1.165, 1.54) is 4.88 Å². The third kappa shape index (κ3) is 2.29. The highest BCUT2D eigenvalue weighted by Gasteiger charge is 2.45. The van der Waals surface area contributed by atoms with Crippen molar-refractivity contribution in [2.24, 2.45) is 0 Å². The van der Waals surface area contributed by atoms with E-state index in [2.05, 4.69) is 9.88 Å². The Hall–Kier alpha value is -0.940. The summed E-state index contributed by atoms with van der Waals surface area (Å²) in [4.78, 5) is 19.2. The Morgan fingerprint density at radius 3 is 3.00 bits per heavy atom. The summed E-state index contributed by atoms with van der Waals surface area (Å²) in [6.45, 7) is 5.71. The number of nitrogens with zero attached hydrogens (tertiary/aromatic N) is 2. The lowest BCUT2D eigenvalue weighted by molar-refractivity contribution is -0.150. The zero-order valence-electron chi connectivity index (χ0n) is 11.0. The number of thiazole rings is 1. The molecule has 1 saturated heterocycles. The number of hydrogen-bond donors (Lipinski definition) is 1. The van der Waals surface area contributed by atoms with Crippen molar-refractivity contribution in [3.05, 3.63) is 16.1 Å². The Balaban J connectivity index is 2.04. The molecule has 0 amide bonds. The van der Waals surface area contributed by atoms with Gasteiger partial charge in [0.05, 0.1) is 11.2 Å². The van der Waals surface area contributed by atoms with Crippen molar-refractivity contribution in [2.75, 3.05) is 13.1 Å². The van der Waals surface area contributed by atoms with E-state index in [9.17, 15) is 9.90 Å². The van der Waals surface area contributed by atoms with Gasteiger partial charge in [0.15, 0.2) is 0 Å². The lowest BCUT2D eigenvalue weighted by Crippen LogP contribution is -2.50. The molecule has 1 aromatic rings. The number of aryl methyl sites for hydroxylation is 1. The van der Waals surface area contributed by atoms with Crippen LogP contribution in [0.3, 0.4) is 0 Å². The van der Waals surface area contributed by atoms with Crippen LogP contribution in [-0.4, -0.2) is 39.6 Å². The topological polar surface area (TPSA) is 53.4 Å². The molecule has 1 N–H and O–H groups in total. The van der Waals surface area contributed by atoms with E-state index in [1.54, 1.807) is 11.3 Å². The van der Waals surface area contributed by atoms with E-state index in [-0.39, 0.29) is 0 Å². The highest BCUT2D eigenvalue weighted by Crippen LogP contribution is 2.33. The number of carboxylic acids is 1. The van der Waals surface area contributed by atoms with Crippen molar-refractivity contribution in [3.8, 4) is 0 Å². The van der Waals surface area contributed by atoms with E-state index < -0.39 is 11.5 Å². The summed E-state index contributed by atoms with van der Waals surface area (Å²) in [5.41, 5.74) is 2.31. The van der Waals surface area contributed by atoms with Crippen LogP contribution in [0.1, 0.15) is 36.8 Å². The summed E-state index contributed by atoms with van der Waals surface area (Å²) in [6, 6.07) is 0. The van der Waals surface area contributed by atoms with Gasteiger partial charge in [-0.2, -0.15) is 0 Å². The number of rotatable bonds is 5. The van der Waals surface area contributed by atoms with Gasteiger partial charge in [-0.15, -0.1) is 11.3 Å². The van der Waals surface area contributed by atoms with Crippen molar-refractivity contribution in [1.29, 1.82) is 0 Å². The Kier molecular flexibility index (Phi) is 4.02. The van der Waals surface area contributed by atoms with Gasteiger partial charge in [0.1, 0.15) is 5.54 Å². The molecule has 4 nitrogen and oxygen atoms in total. The first-order chi connectivity index (χ1) is 8.60. The van der Waals surface area contributed by atoms with Crippen LogP contribution in [0.25, 0.3) is 0 Å². The fourth-order valence-corrected chi connectivity index (χ4v) is 3.63. The summed E-state index contributed by atoms with van der Waals surface area (Å²) in [5.74, 6) is -0.663. The monoisotopic (exact) mass is 268 g/mol. The molecular formula is C13H20N2O2S. The van der Waals surface area contributed by atoms with Crippen LogP contribution in [0.2, 0.25) is 0 Å². The van der Waals surface area contributed by atoms with Gasteiger partial charge in [0.25, 0.3) is 0 Å². The first kappa shape index (κ1) is 13.5. The van der Waals surface area contributed by atoms with Gasteiger partial charge in [-0.05, 0) is 39.2 Å². The molecule has 0 spiro atoms. The Morgan fingerprint density at radius 2 is 2.44 bits per heavy atom. The van der Waals surface area contributed by atoms with Crippen molar-refractivity contribution in [3.63, 3.8) is 0 Å². The van der Waals surface area contributed by atoms with Crippen LogP contribution in [0.5, 0.6) is 0 Å². The smallest absolute Gasteiger partial charge is 0.324 e. The summed E-state index contributed by atoms with van der Waals surface area (Å²) < 4.78 is 0. The molecule has 100 valence electrons. The number of aromatic nitrogens is 1. The lowest BCUT2D eigenvalue weighted by atomic mass is 9.93. The molecule has 0 radical (unpaired) electrons. The fourth-order valence-electron chi connectivity index (χ4n) is 2.86. The van der Waals surface area contributed by atoms with Crippen molar-refractivity contribution in [2.45, 2.75) is 45.1 Å². The molecule has 0 aromatic carbocycles. The van der Waals surface area contributed by atoms with Gasteiger partial charge in [-0.1, -0.05) is 6.92 Å². The summed E-state index contributed by atoms with van der Waals surface area (Å²) >= 11 is 1.66. The molecule has 0 bridgehead atoms. The fraction of sp³-hybridized carbons (Fsp3) is 0.692. The molecule has 1 fully saturated rings. The van der Waals surface area contributed by atoms with Gasteiger partial charge < -0.3 is 5.11 Å². The molecule has 5 heteroatoms. The lowest BCUT2D eigenvalue weighted by Gasteiger charge is -2.33. The minimum absolute atomic E-state index is 0.626. The van der Waals surface area contributed by atoms with E-state index in [4.69, 9.17) is 0 Å². The number of likely N-dealkylation sites (tertiary alicyclic amines) is 1. The van der Waals surface area contributed by atoms with E-state index in [0.717, 1.165) is 38.0 Å². The summed E-state index contributed by atoms with van der Waals surface area (Å²) in [5, 5.41) is 9.49. The van der Waals surface area contributed by atoms with Gasteiger partial charge in [0.2, 0.25) is 0 Å². The minimum atomic E-state index is -0.663. The molecule has 1 aromatic heterocycles. The highest BCUT2D eigenvalue weighted by atomic mass is 32.1. The predicted molar refractivity (Wildman–Crippen MR) is 72.0 cm³/mol. The number of carbonyl (C=O) groups is 1. The quantitative estimate of drug-likeness (QED) is 0.890. The largest absolute Gasteiger partial charge is 0.480 e. The van der Waals surface area contributed by atoms with Crippen molar-refractivity contribution in [1.82, 2.24) is 9.88 Å². The maximum Gasteiger partial charge on any atom is 0.324 e. The molecule has 18 heavy (non-hydrogen) atoms. The summed E-state index contributed by atoms with van der Waals surface area (Å²) in [7, 11) is 0. The van der Waals surface area contributed by atoms with Gasteiger partial charge >= 0.3 is 5.97 Å². The Morgan fingerprint density at radius 1 is 1.67 bits per heavy atom. The molecule has 1 aliphatic heterocycles. The van der Waals surface area contributed by atoms with Gasteiger partial charge in [-0.3, -0.25) is 9.69 Å². The molecule has 1 atom stereocenters. The van der Waals surface area contributed by atoms with Crippen LogP contribution in [0, 0.1) is 6.92 Å². The van der Waals surface area contributed by atoms with E-state index in [1.807, 2.05) is 19.4 Å². The third-order valence-electron chi connectivity index (χ3n) is 4.06. The Bertz CT molecular complexity index is 432. The van der Waals surface area contributed by atoms with Crippen LogP contribution in [0.4, 0.5) is 0 Å². The normalized spacial score (nSPS) is 24.6. The molecular weight excluding hydrogens is 248 g/mol. The molecule has 0 aliphatic carbocycles. The zero-order valence-corrected chi connectivity index (χ0v) is 11.8. The van der Waals surface area contributed by atoms with Crippen molar-refractivity contribution >= 4 is 17.3 Å². The van der Waals surface area contributed by atoms with E-state index >= 15 is 0 Å². The second-order valence-corrected chi connectivity index (χ2v) is 5.83. The van der Waals surface area contributed by atoms with Crippen LogP contribution in [0.15, 0.2) is 5.51 Å². The van der Waals surface area contributed by atoms with E-state index in [0.29, 0.717) is 6.42 Å². The average Bonchev–Trinajstić information content (AvgIpc) is 2.93. The van der Waals surface area contributed by atoms with Gasteiger partial charge in [-0.25, -0.2) is 4.98 Å². The molecule has 1 aliphatic rings. The Labute approximate surface area is 112 Å². The van der Waals surface area contributed by atoms with Crippen LogP contribution >= 0.6 is 11.3 Å². The highest BCUT2D eigenvalue weighted by molar-refractivity contribution is 7.09. The number of carboxylic acid groups (broad SMARTS) is 1. The first-order valence-corrected chi connectivity index (χ1v) is 7.35. The van der Waals surface area contributed by atoms with Crippen LogP contribution in [-0.2, 0) is 11.2 Å².